The van der Waals surface area contributed by atoms with Crippen LogP contribution in [0.15, 0.2) is 0 Å². The normalized spacial score (nSPS) is 16.0. The van der Waals surface area contributed by atoms with E-state index in [1.165, 1.54) is 17.9 Å². The first-order valence-corrected chi connectivity index (χ1v) is 6.02. The fourth-order valence-electron chi connectivity index (χ4n) is 1.35. The minimum absolute atomic E-state index is 0.178. The Morgan fingerprint density at radius 2 is 1.92 bits per heavy atom. The highest BCUT2D eigenvalue weighted by atomic mass is 32.2. The van der Waals surface area contributed by atoms with Crippen molar-refractivity contribution in [2.24, 2.45) is 5.41 Å². The van der Waals surface area contributed by atoms with Gasteiger partial charge in [-0.25, -0.2) is 0 Å². The Bertz CT molecular complexity index is 106. The summed E-state index contributed by atoms with van der Waals surface area (Å²) in [5, 5.41) is 9.21. The van der Waals surface area contributed by atoms with Crippen molar-refractivity contribution >= 4 is 11.8 Å². The van der Waals surface area contributed by atoms with Gasteiger partial charge in [-0.05, 0) is 29.8 Å². The number of aliphatic hydroxyl groups excluding tert-OH is 1. The molecule has 0 aliphatic carbocycles. The number of thioether (sulfide) groups is 1. The molecule has 2 heteroatoms. The van der Waals surface area contributed by atoms with Gasteiger partial charge in [0.2, 0.25) is 0 Å². The van der Waals surface area contributed by atoms with E-state index in [4.69, 9.17) is 0 Å². The SMILES string of the molecule is CCCC(C)(CO)CCSCC. The molecule has 0 aromatic rings. The summed E-state index contributed by atoms with van der Waals surface area (Å²) in [5.41, 5.74) is 0.178. The molecule has 1 nitrogen and oxygen atoms in total. The molecule has 0 amide bonds. The molecule has 0 aliphatic rings. The third-order valence-electron chi connectivity index (χ3n) is 2.29. The van der Waals surface area contributed by atoms with Crippen molar-refractivity contribution in [1.82, 2.24) is 0 Å². The van der Waals surface area contributed by atoms with E-state index >= 15 is 0 Å². The fraction of sp³-hybridized carbons (Fsp3) is 1.00. The lowest BCUT2D eigenvalue weighted by Crippen LogP contribution is -2.21. The second kappa shape index (κ2) is 6.79. The van der Waals surface area contributed by atoms with E-state index in [9.17, 15) is 5.11 Å². The van der Waals surface area contributed by atoms with Gasteiger partial charge in [0.1, 0.15) is 0 Å². The van der Waals surface area contributed by atoms with E-state index in [0.29, 0.717) is 6.61 Å². The molecule has 0 aromatic carbocycles. The molecule has 74 valence electrons. The third-order valence-corrected chi connectivity index (χ3v) is 3.19. The minimum atomic E-state index is 0.178. The lowest BCUT2D eigenvalue weighted by molar-refractivity contribution is 0.128. The Hall–Kier alpha value is 0.310. The average molecular weight is 190 g/mol. The minimum Gasteiger partial charge on any atom is -0.396 e. The van der Waals surface area contributed by atoms with Crippen LogP contribution in [0.2, 0.25) is 0 Å². The molecule has 0 spiro atoms. The van der Waals surface area contributed by atoms with Crippen LogP contribution in [0.5, 0.6) is 0 Å². The maximum Gasteiger partial charge on any atom is 0.0485 e. The van der Waals surface area contributed by atoms with Crippen molar-refractivity contribution in [1.29, 1.82) is 0 Å². The van der Waals surface area contributed by atoms with Gasteiger partial charge >= 0.3 is 0 Å². The topological polar surface area (TPSA) is 20.2 Å². The Morgan fingerprint density at radius 3 is 2.33 bits per heavy atom. The summed E-state index contributed by atoms with van der Waals surface area (Å²) >= 11 is 1.97. The Morgan fingerprint density at radius 1 is 1.25 bits per heavy atom. The number of rotatable bonds is 7. The molecule has 0 aromatic heterocycles. The zero-order valence-corrected chi connectivity index (χ0v) is 9.41. The van der Waals surface area contributed by atoms with E-state index < -0.39 is 0 Å². The van der Waals surface area contributed by atoms with Crippen LogP contribution < -0.4 is 0 Å². The van der Waals surface area contributed by atoms with Gasteiger partial charge in [0.15, 0.2) is 0 Å². The first-order valence-electron chi connectivity index (χ1n) is 4.87. The second-order valence-electron chi connectivity index (χ2n) is 3.67. The summed E-state index contributed by atoms with van der Waals surface area (Å²) in [6.07, 6.45) is 3.47. The molecule has 1 N–H and O–H groups in total. The smallest absolute Gasteiger partial charge is 0.0485 e. The van der Waals surface area contributed by atoms with Crippen molar-refractivity contribution in [3.63, 3.8) is 0 Å². The maximum absolute atomic E-state index is 9.21. The second-order valence-corrected chi connectivity index (χ2v) is 5.06. The molecule has 0 fully saturated rings. The van der Waals surface area contributed by atoms with E-state index in [0.717, 1.165) is 12.8 Å². The summed E-state index contributed by atoms with van der Waals surface area (Å²) in [4.78, 5) is 0. The summed E-state index contributed by atoms with van der Waals surface area (Å²) < 4.78 is 0. The fourth-order valence-corrected chi connectivity index (χ4v) is 2.28. The van der Waals surface area contributed by atoms with E-state index in [-0.39, 0.29) is 5.41 Å². The van der Waals surface area contributed by atoms with E-state index in [2.05, 4.69) is 20.8 Å². The van der Waals surface area contributed by atoms with Gasteiger partial charge in [-0.1, -0.05) is 27.2 Å². The highest BCUT2D eigenvalue weighted by Gasteiger charge is 2.21. The Balaban J connectivity index is 3.63. The Kier molecular flexibility index (Phi) is 6.96. The monoisotopic (exact) mass is 190 g/mol. The van der Waals surface area contributed by atoms with Gasteiger partial charge in [-0.15, -0.1) is 0 Å². The van der Waals surface area contributed by atoms with Gasteiger partial charge in [0.05, 0.1) is 0 Å². The number of aliphatic hydroxyl groups is 1. The van der Waals surface area contributed by atoms with Crippen LogP contribution in [-0.4, -0.2) is 23.2 Å². The van der Waals surface area contributed by atoms with Crippen LogP contribution >= 0.6 is 11.8 Å². The van der Waals surface area contributed by atoms with Gasteiger partial charge in [-0.3, -0.25) is 0 Å². The summed E-state index contributed by atoms with van der Waals surface area (Å²) in [5.74, 6) is 2.38. The molecule has 0 bridgehead atoms. The molecule has 0 radical (unpaired) electrons. The molecule has 0 rings (SSSR count). The standard InChI is InChI=1S/C10H22OS/c1-4-6-10(3,9-11)7-8-12-5-2/h11H,4-9H2,1-3H3. The molecule has 0 aliphatic heterocycles. The zero-order chi connectivity index (χ0) is 9.45. The Labute approximate surface area is 80.9 Å². The largest absolute Gasteiger partial charge is 0.396 e. The molecule has 0 saturated heterocycles. The van der Waals surface area contributed by atoms with Gasteiger partial charge in [0, 0.05) is 6.61 Å². The molecule has 12 heavy (non-hydrogen) atoms. The lowest BCUT2D eigenvalue weighted by atomic mass is 9.84. The maximum atomic E-state index is 9.21. The zero-order valence-electron chi connectivity index (χ0n) is 8.60. The van der Waals surface area contributed by atoms with E-state index in [1.54, 1.807) is 0 Å². The van der Waals surface area contributed by atoms with E-state index in [1.807, 2.05) is 11.8 Å². The van der Waals surface area contributed by atoms with Gasteiger partial charge in [-0.2, -0.15) is 11.8 Å². The molecule has 1 atom stereocenters. The van der Waals surface area contributed by atoms with Crippen LogP contribution in [0, 0.1) is 5.41 Å². The van der Waals surface area contributed by atoms with Crippen LogP contribution in [0.1, 0.15) is 40.0 Å². The predicted molar refractivity (Wildman–Crippen MR) is 57.7 cm³/mol. The van der Waals surface area contributed by atoms with Crippen LogP contribution in [0.3, 0.4) is 0 Å². The lowest BCUT2D eigenvalue weighted by Gasteiger charge is -2.26. The first-order chi connectivity index (χ1) is 5.68. The first kappa shape index (κ1) is 12.3. The van der Waals surface area contributed by atoms with Crippen LogP contribution in [0.4, 0.5) is 0 Å². The third kappa shape index (κ3) is 5.04. The number of hydrogen-bond donors (Lipinski definition) is 1. The van der Waals surface area contributed by atoms with Gasteiger partial charge in [0.25, 0.3) is 0 Å². The molecule has 0 saturated carbocycles. The molecular formula is C10H22OS. The summed E-state index contributed by atoms with van der Waals surface area (Å²) in [6, 6.07) is 0. The van der Waals surface area contributed by atoms with Crippen LogP contribution in [-0.2, 0) is 0 Å². The van der Waals surface area contributed by atoms with Crippen molar-refractivity contribution in [2.45, 2.75) is 40.0 Å². The molecule has 1 unspecified atom stereocenters. The van der Waals surface area contributed by atoms with Crippen molar-refractivity contribution < 1.29 is 5.11 Å². The van der Waals surface area contributed by atoms with Crippen LogP contribution in [0.25, 0.3) is 0 Å². The summed E-state index contributed by atoms with van der Waals surface area (Å²) in [6.45, 7) is 6.89. The quantitative estimate of drug-likeness (QED) is 0.623. The van der Waals surface area contributed by atoms with Crippen molar-refractivity contribution in [3.8, 4) is 0 Å². The van der Waals surface area contributed by atoms with Crippen molar-refractivity contribution in [2.75, 3.05) is 18.1 Å². The highest BCUT2D eigenvalue weighted by molar-refractivity contribution is 7.99. The van der Waals surface area contributed by atoms with Gasteiger partial charge < -0.3 is 5.11 Å². The summed E-state index contributed by atoms with van der Waals surface area (Å²) in [7, 11) is 0. The molecular weight excluding hydrogens is 168 g/mol. The molecule has 0 heterocycles. The average Bonchev–Trinajstić information content (AvgIpc) is 2.06. The highest BCUT2D eigenvalue weighted by Crippen LogP contribution is 2.28. The predicted octanol–water partition coefficient (Wildman–Crippen LogP) is 2.93. The number of hydrogen-bond acceptors (Lipinski definition) is 2. The van der Waals surface area contributed by atoms with Crippen molar-refractivity contribution in [3.05, 3.63) is 0 Å².